The van der Waals surface area contributed by atoms with Crippen LogP contribution in [0, 0.1) is 0 Å². The van der Waals surface area contributed by atoms with Crippen molar-refractivity contribution in [2.45, 2.75) is 12.3 Å². The van der Waals surface area contributed by atoms with E-state index < -0.39 is 0 Å². The number of para-hydroxylation sites is 1. The average molecular weight is 216 g/mol. The minimum atomic E-state index is 0.533. The molecule has 2 nitrogen and oxygen atoms in total. The fourth-order valence-electron chi connectivity index (χ4n) is 2.07. The number of hydrogen-bond donors (Lipinski definition) is 1. The fraction of sp³-hybridized carbons (Fsp3) is 0.250. The molecule has 0 aliphatic carbocycles. The SMILES string of the molecule is c1ccc2c(c1)CC(c1cscn1)CN2. The highest BCUT2D eigenvalue weighted by Gasteiger charge is 2.20. The van der Waals surface area contributed by atoms with Gasteiger partial charge in [-0.15, -0.1) is 11.3 Å². The van der Waals surface area contributed by atoms with Gasteiger partial charge in [0.2, 0.25) is 0 Å². The molecule has 2 aromatic rings. The number of nitrogens with zero attached hydrogens (tertiary/aromatic N) is 1. The molecule has 1 unspecified atom stereocenters. The van der Waals surface area contributed by atoms with Crippen LogP contribution in [0.3, 0.4) is 0 Å². The molecular formula is C12H12N2S. The van der Waals surface area contributed by atoms with Gasteiger partial charge in [-0.05, 0) is 18.1 Å². The summed E-state index contributed by atoms with van der Waals surface area (Å²) in [6, 6.07) is 8.52. The second-order valence-electron chi connectivity index (χ2n) is 3.85. The minimum absolute atomic E-state index is 0.533. The predicted molar refractivity (Wildman–Crippen MR) is 63.5 cm³/mol. The van der Waals surface area contributed by atoms with E-state index in [0.29, 0.717) is 5.92 Å². The van der Waals surface area contributed by atoms with E-state index in [2.05, 4.69) is 39.9 Å². The quantitative estimate of drug-likeness (QED) is 0.793. The molecule has 3 heteroatoms. The number of fused-ring (bicyclic) bond motifs is 1. The number of thiazole rings is 1. The summed E-state index contributed by atoms with van der Waals surface area (Å²) in [7, 11) is 0. The van der Waals surface area contributed by atoms with Crippen molar-refractivity contribution in [2.24, 2.45) is 0 Å². The van der Waals surface area contributed by atoms with E-state index in [-0.39, 0.29) is 0 Å². The van der Waals surface area contributed by atoms with Crippen LogP contribution in [-0.2, 0) is 6.42 Å². The Balaban J connectivity index is 1.89. The van der Waals surface area contributed by atoms with E-state index in [4.69, 9.17) is 0 Å². The molecule has 0 spiro atoms. The summed E-state index contributed by atoms with van der Waals surface area (Å²) in [6.45, 7) is 1.00. The normalized spacial score (nSPS) is 19.3. The van der Waals surface area contributed by atoms with Crippen molar-refractivity contribution in [2.75, 3.05) is 11.9 Å². The third-order valence-corrected chi connectivity index (χ3v) is 3.50. The third-order valence-electron chi connectivity index (χ3n) is 2.89. The van der Waals surface area contributed by atoms with E-state index >= 15 is 0 Å². The zero-order valence-electron chi connectivity index (χ0n) is 8.31. The van der Waals surface area contributed by atoms with Crippen molar-refractivity contribution in [3.05, 3.63) is 46.4 Å². The molecule has 0 amide bonds. The van der Waals surface area contributed by atoms with Gasteiger partial charge < -0.3 is 5.32 Å². The summed E-state index contributed by atoms with van der Waals surface area (Å²) in [6.07, 6.45) is 1.10. The molecule has 1 aliphatic rings. The highest BCUT2D eigenvalue weighted by Crippen LogP contribution is 2.29. The van der Waals surface area contributed by atoms with Crippen LogP contribution in [0.4, 0.5) is 5.69 Å². The predicted octanol–water partition coefficient (Wildman–Crippen LogP) is 2.89. The first kappa shape index (κ1) is 8.92. The van der Waals surface area contributed by atoms with E-state index in [9.17, 15) is 0 Å². The number of rotatable bonds is 1. The van der Waals surface area contributed by atoms with Crippen LogP contribution >= 0.6 is 11.3 Å². The summed E-state index contributed by atoms with van der Waals surface area (Å²) in [5.41, 5.74) is 5.82. The summed E-state index contributed by atoms with van der Waals surface area (Å²) >= 11 is 1.68. The van der Waals surface area contributed by atoms with Crippen LogP contribution < -0.4 is 5.32 Å². The van der Waals surface area contributed by atoms with Gasteiger partial charge in [0.1, 0.15) is 0 Å². The molecule has 0 saturated carbocycles. The standard InChI is InChI=1S/C12H12N2S/c1-2-4-11-9(3-1)5-10(6-13-11)12-7-15-8-14-12/h1-4,7-8,10,13H,5-6H2. The summed E-state index contributed by atoms with van der Waals surface area (Å²) < 4.78 is 0. The Bertz CT molecular complexity index is 450. The molecule has 0 saturated heterocycles. The van der Waals surface area contributed by atoms with Gasteiger partial charge in [-0.25, -0.2) is 4.98 Å². The van der Waals surface area contributed by atoms with Crippen molar-refractivity contribution < 1.29 is 0 Å². The van der Waals surface area contributed by atoms with Crippen LogP contribution in [-0.4, -0.2) is 11.5 Å². The smallest absolute Gasteiger partial charge is 0.0794 e. The van der Waals surface area contributed by atoms with Gasteiger partial charge >= 0.3 is 0 Å². The lowest BCUT2D eigenvalue weighted by atomic mass is 9.92. The zero-order valence-corrected chi connectivity index (χ0v) is 9.13. The molecule has 1 aliphatic heterocycles. The molecule has 1 aromatic carbocycles. The summed E-state index contributed by atoms with van der Waals surface area (Å²) in [5.74, 6) is 0.533. The average Bonchev–Trinajstić information content (AvgIpc) is 2.82. The van der Waals surface area contributed by atoms with Gasteiger partial charge in [-0.3, -0.25) is 0 Å². The minimum Gasteiger partial charge on any atom is -0.384 e. The first-order chi connectivity index (χ1) is 7.43. The molecule has 0 fully saturated rings. The largest absolute Gasteiger partial charge is 0.384 e. The molecule has 15 heavy (non-hydrogen) atoms. The number of benzene rings is 1. The number of hydrogen-bond acceptors (Lipinski definition) is 3. The Labute approximate surface area is 93.0 Å². The Morgan fingerprint density at radius 1 is 1.33 bits per heavy atom. The van der Waals surface area contributed by atoms with Gasteiger partial charge in [0.25, 0.3) is 0 Å². The third kappa shape index (κ3) is 1.63. The molecule has 1 atom stereocenters. The lowest BCUT2D eigenvalue weighted by Crippen LogP contribution is -2.21. The maximum atomic E-state index is 4.39. The summed E-state index contributed by atoms with van der Waals surface area (Å²) in [5, 5.41) is 5.62. The van der Waals surface area contributed by atoms with Crippen LogP contribution in [0.2, 0.25) is 0 Å². The van der Waals surface area contributed by atoms with Crippen molar-refractivity contribution in [3.8, 4) is 0 Å². The highest BCUT2D eigenvalue weighted by atomic mass is 32.1. The topological polar surface area (TPSA) is 24.9 Å². The maximum Gasteiger partial charge on any atom is 0.0794 e. The van der Waals surface area contributed by atoms with E-state index in [0.717, 1.165) is 13.0 Å². The Kier molecular flexibility index (Phi) is 2.18. The van der Waals surface area contributed by atoms with Crippen molar-refractivity contribution in [1.82, 2.24) is 4.98 Å². The lowest BCUT2D eigenvalue weighted by Gasteiger charge is -2.24. The second-order valence-corrected chi connectivity index (χ2v) is 4.57. The molecule has 2 heterocycles. The van der Waals surface area contributed by atoms with E-state index in [1.807, 2.05) is 5.51 Å². The molecule has 0 bridgehead atoms. The molecule has 76 valence electrons. The van der Waals surface area contributed by atoms with Crippen LogP contribution in [0.5, 0.6) is 0 Å². The summed E-state index contributed by atoms with van der Waals surface area (Å²) in [4.78, 5) is 4.39. The van der Waals surface area contributed by atoms with Gasteiger partial charge in [0.15, 0.2) is 0 Å². The first-order valence-corrected chi connectivity index (χ1v) is 6.07. The Hall–Kier alpha value is -1.35. The number of aromatic nitrogens is 1. The lowest BCUT2D eigenvalue weighted by molar-refractivity contribution is 0.678. The maximum absolute atomic E-state index is 4.39. The first-order valence-electron chi connectivity index (χ1n) is 5.13. The van der Waals surface area contributed by atoms with Gasteiger partial charge in [-0.2, -0.15) is 0 Å². The highest BCUT2D eigenvalue weighted by molar-refractivity contribution is 7.07. The van der Waals surface area contributed by atoms with Gasteiger partial charge in [0.05, 0.1) is 11.2 Å². The van der Waals surface area contributed by atoms with E-state index in [1.165, 1.54) is 16.9 Å². The van der Waals surface area contributed by atoms with Crippen LogP contribution in [0.1, 0.15) is 17.2 Å². The number of anilines is 1. The van der Waals surface area contributed by atoms with Crippen molar-refractivity contribution >= 4 is 17.0 Å². The number of nitrogens with one attached hydrogen (secondary N) is 1. The monoisotopic (exact) mass is 216 g/mol. The zero-order chi connectivity index (χ0) is 10.1. The molecule has 0 radical (unpaired) electrons. The van der Waals surface area contributed by atoms with Crippen molar-refractivity contribution in [1.29, 1.82) is 0 Å². The molecule has 1 aromatic heterocycles. The molecule has 3 rings (SSSR count). The van der Waals surface area contributed by atoms with Crippen LogP contribution in [0.25, 0.3) is 0 Å². The fourth-order valence-corrected chi connectivity index (χ4v) is 2.71. The van der Waals surface area contributed by atoms with E-state index in [1.54, 1.807) is 11.3 Å². The Morgan fingerprint density at radius 2 is 2.27 bits per heavy atom. The molecular weight excluding hydrogens is 204 g/mol. The van der Waals surface area contributed by atoms with Crippen molar-refractivity contribution in [3.63, 3.8) is 0 Å². The molecule has 1 N–H and O–H groups in total. The second kappa shape index (κ2) is 3.66. The van der Waals surface area contributed by atoms with Gasteiger partial charge in [-0.1, -0.05) is 18.2 Å². The van der Waals surface area contributed by atoms with Crippen LogP contribution in [0.15, 0.2) is 35.2 Å². The van der Waals surface area contributed by atoms with Gasteiger partial charge in [0, 0.05) is 23.5 Å². The Morgan fingerprint density at radius 3 is 3.13 bits per heavy atom.